The van der Waals surface area contributed by atoms with E-state index in [-0.39, 0.29) is 0 Å². The van der Waals surface area contributed by atoms with Crippen LogP contribution in [0.3, 0.4) is 0 Å². The van der Waals surface area contributed by atoms with Crippen molar-refractivity contribution in [3.8, 4) is 17.6 Å². The van der Waals surface area contributed by atoms with Gasteiger partial charge in [-0.25, -0.2) is 9.97 Å². The largest absolute Gasteiger partial charge is 0.493 e. The first kappa shape index (κ1) is 21.8. The molecule has 0 atom stereocenters. The minimum Gasteiger partial charge on any atom is -0.493 e. The molecule has 0 saturated carbocycles. The van der Waals surface area contributed by atoms with Crippen molar-refractivity contribution >= 4 is 22.4 Å². The molecular weight excluding hydrogens is 404 g/mol. The number of nitrogens with one attached hydrogen (secondary N) is 1. The number of likely N-dealkylation sites (N-methyl/N-ethyl adjacent to an activating group) is 1. The van der Waals surface area contributed by atoms with Gasteiger partial charge in [0.05, 0.1) is 30.9 Å². The van der Waals surface area contributed by atoms with Crippen LogP contribution in [-0.4, -0.2) is 73.3 Å². The maximum Gasteiger partial charge on any atom is 0.163 e. The van der Waals surface area contributed by atoms with E-state index in [4.69, 9.17) is 14.7 Å². The van der Waals surface area contributed by atoms with E-state index in [9.17, 15) is 0 Å². The summed E-state index contributed by atoms with van der Waals surface area (Å²) in [6.07, 6.45) is 2.47. The first-order valence-electron chi connectivity index (χ1n) is 10.8. The highest BCUT2D eigenvalue weighted by molar-refractivity contribution is 5.93. The van der Waals surface area contributed by atoms with Gasteiger partial charge in [0, 0.05) is 49.9 Å². The summed E-state index contributed by atoms with van der Waals surface area (Å²) >= 11 is 0. The summed E-state index contributed by atoms with van der Waals surface area (Å²) in [5, 5.41) is 13.2. The van der Waals surface area contributed by atoms with Crippen molar-refractivity contribution < 1.29 is 9.47 Å². The monoisotopic (exact) mass is 432 g/mol. The number of aromatic nitrogens is 2. The second kappa shape index (κ2) is 10.3. The molecule has 0 amide bonds. The predicted molar refractivity (Wildman–Crippen MR) is 125 cm³/mol. The van der Waals surface area contributed by atoms with Crippen LogP contribution in [0.15, 0.2) is 42.7 Å². The molecule has 8 heteroatoms. The number of piperazine rings is 1. The highest BCUT2D eigenvalue weighted by Crippen LogP contribution is 2.34. The molecule has 8 nitrogen and oxygen atoms in total. The molecule has 1 aliphatic heterocycles. The molecule has 32 heavy (non-hydrogen) atoms. The van der Waals surface area contributed by atoms with E-state index in [1.807, 2.05) is 24.3 Å². The van der Waals surface area contributed by atoms with Crippen molar-refractivity contribution in [3.63, 3.8) is 0 Å². The number of fused-ring (bicyclic) bond motifs is 1. The number of hydrogen-bond acceptors (Lipinski definition) is 8. The number of hydrogen-bond donors (Lipinski definition) is 1. The normalized spacial score (nSPS) is 14.8. The fraction of sp³-hybridized carbons (Fsp3) is 0.375. The molecule has 2 aromatic carbocycles. The van der Waals surface area contributed by atoms with Gasteiger partial charge in [0.2, 0.25) is 0 Å². The standard InChI is InChI=1S/C24H28N6O2/c1-29-8-10-30(11-9-29)7-4-12-32-23-15-21-20(14-22(23)31-2)24(27-17-26-21)28-19-6-3-5-18(13-19)16-25/h3,5-6,13-15,17H,4,7-12H2,1-2H3,(H,26,27,28). The quantitative estimate of drug-likeness (QED) is 0.543. The average Bonchev–Trinajstić information content (AvgIpc) is 2.83. The predicted octanol–water partition coefficient (Wildman–Crippen LogP) is 3.27. The lowest BCUT2D eigenvalue weighted by molar-refractivity contribution is 0.145. The Hall–Kier alpha value is -3.41. The van der Waals surface area contributed by atoms with Gasteiger partial charge in [0.1, 0.15) is 12.1 Å². The maximum atomic E-state index is 9.13. The number of benzene rings is 2. The number of methoxy groups -OCH3 is 1. The van der Waals surface area contributed by atoms with E-state index in [2.05, 4.69) is 38.2 Å². The SMILES string of the molecule is COc1cc2c(Nc3cccc(C#N)c3)ncnc2cc1OCCCN1CCN(C)CC1. The molecular formula is C24H28N6O2. The molecule has 1 aliphatic rings. The Labute approximate surface area is 188 Å². The van der Waals surface area contributed by atoms with Crippen LogP contribution in [0.5, 0.6) is 11.5 Å². The van der Waals surface area contributed by atoms with Crippen LogP contribution < -0.4 is 14.8 Å². The van der Waals surface area contributed by atoms with Crippen LogP contribution in [0.4, 0.5) is 11.5 Å². The van der Waals surface area contributed by atoms with Gasteiger partial charge in [0.15, 0.2) is 11.5 Å². The summed E-state index contributed by atoms with van der Waals surface area (Å²) in [6, 6.07) is 13.2. The fourth-order valence-electron chi connectivity index (χ4n) is 3.78. The molecule has 0 unspecified atom stereocenters. The molecule has 0 radical (unpaired) electrons. The number of nitriles is 1. The first-order chi connectivity index (χ1) is 15.7. The third-order valence-electron chi connectivity index (χ3n) is 5.65. The lowest BCUT2D eigenvalue weighted by Gasteiger charge is -2.32. The summed E-state index contributed by atoms with van der Waals surface area (Å²) in [5.74, 6) is 1.96. The molecule has 3 aromatic rings. The van der Waals surface area contributed by atoms with E-state index in [0.29, 0.717) is 29.5 Å². The van der Waals surface area contributed by atoms with Crippen LogP contribution in [0.2, 0.25) is 0 Å². The van der Waals surface area contributed by atoms with Crippen molar-refractivity contribution in [2.24, 2.45) is 0 Å². The Morgan fingerprint density at radius 2 is 1.94 bits per heavy atom. The minimum atomic E-state index is 0.582. The number of rotatable bonds is 8. The third kappa shape index (κ3) is 5.25. The third-order valence-corrected chi connectivity index (χ3v) is 5.65. The molecule has 166 valence electrons. The lowest BCUT2D eigenvalue weighted by Crippen LogP contribution is -2.44. The highest BCUT2D eigenvalue weighted by atomic mass is 16.5. The Morgan fingerprint density at radius 3 is 2.72 bits per heavy atom. The van der Waals surface area contributed by atoms with E-state index < -0.39 is 0 Å². The fourth-order valence-corrected chi connectivity index (χ4v) is 3.78. The van der Waals surface area contributed by atoms with Crippen LogP contribution in [0.25, 0.3) is 10.9 Å². The van der Waals surface area contributed by atoms with Gasteiger partial charge in [-0.2, -0.15) is 5.26 Å². The zero-order valence-electron chi connectivity index (χ0n) is 18.5. The van der Waals surface area contributed by atoms with Crippen molar-refractivity contribution in [3.05, 3.63) is 48.3 Å². The summed E-state index contributed by atoms with van der Waals surface area (Å²) in [7, 11) is 3.80. The van der Waals surface area contributed by atoms with Crippen molar-refractivity contribution in [1.29, 1.82) is 5.26 Å². The topological polar surface area (TPSA) is 86.5 Å². The Bertz CT molecular complexity index is 1110. The Kier molecular flexibility index (Phi) is 7.00. The molecule has 1 saturated heterocycles. The van der Waals surface area contributed by atoms with Crippen LogP contribution in [0.1, 0.15) is 12.0 Å². The Balaban J connectivity index is 1.45. The van der Waals surface area contributed by atoms with E-state index >= 15 is 0 Å². The lowest BCUT2D eigenvalue weighted by atomic mass is 10.2. The molecule has 1 fully saturated rings. The van der Waals surface area contributed by atoms with Gasteiger partial charge >= 0.3 is 0 Å². The van der Waals surface area contributed by atoms with Gasteiger partial charge in [-0.1, -0.05) is 6.07 Å². The van der Waals surface area contributed by atoms with Crippen LogP contribution in [-0.2, 0) is 0 Å². The molecule has 0 bridgehead atoms. The van der Waals surface area contributed by atoms with Gasteiger partial charge < -0.3 is 24.6 Å². The Morgan fingerprint density at radius 1 is 1.09 bits per heavy atom. The molecule has 0 aliphatic carbocycles. The van der Waals surface area contributed by atoms with Gasteiger partial charge in [-0.05, 0) is 37.7 Å². The van der Waals surface area contributed by atoms with E-state index in [0.717, 1.165) is 55.7 Å². The highest BCUT2D eigenvalue weighted by Gasteiger charge is 2.14. The summed E-state index contributed by atoms with van der Waals surface area (Å²) in [6.45, 7) is 6.11. The van der Waals surface area contributed by atoms with Crippen LogP contribution in [0, 0.1) is 11.3 Å². The van der Waals surface area contributed by atoms with Crippen LogP contribution >= 0.6 is 0 Å². The molecule has 2 heterocycles. The van der Waals surface area contributed by atoms with E-state index in [1.54, 1.807) is 19.2 Å². The molecule has 1 aromatic heterocycles. The van der Waals surface area contributed by atoms with Crippen molar-refractivity contribution in [1.82, 2.24) is 19.8 Å². The minimum absolute atomic E-state index is 0.582. The summed E-state index contributed by atoms with van der Waals surface area (Å²) < 4.78 is 11.6. The first-order valence-corrected chi connectivity index (χ1v) is 10.8. The molecule has 4 rings (SSSR count). The second-order valence-electron chi connectivity index (χ2n) is 7.91. The van der Waals surface area contributed by atoms with Gasteiger partial charge in [-0.15, -0.1) is 0 Å². The van der Waals surface area contributed by atoms with Gasteiger partial charge in [-0.3, -0.25) is 0 Å². The summed E-state index contributed by atoms with van der Waals surface area (Å²) in [4.78, 5) is 13.6. The van der Waals surface area contributed by atoms with Crippen molar-refractivity contribution in [2.75, 3.05) is 58.8 Å². The van der Waals surface area contributed by atoms with Gasteiger partial charge in [0.25, 0.3) is 0 Å². The maximum absolute atomic E-state index is 9.13. The molecule has 0 spiro atoms. The average molecular weight is 433 g/mol. The molecule has 1 N–H and O–H groups in total. The van der Waals surface area contributed by atoms with Crippen molar-refractivity contribution in [2.45, 2.75) is 6.42 Å². The zero-order chi connectivity index (χ0) is 22.3. The zero-order valence-corrected chi connectivity index (χ0v) is 18.5. The smallest absolute Gasteiger partial charge is 0.163 e. The number of ether oxygens (including phenoxy) is 2. The number of nitrogens with zero attached hydrogens (tertiary/aromatic N) is 5. The summed E-state index contributed by atoms with van der Waals surface area (Å²) in [5.41, 5.74) is 2.12. The van der Waals surface area contributed by atoms with E-state index in [1.165, 1.54) is 6.33 Å². The second-order valence-corrected chi connectivity index (χ2v) is 7.91. The number of anilines is 2.